The lowest BCUT2D eigenvalue weighted by atomic mass is 10.1. The Bertz CT molecular complexity index is 353. The van der Waals surface area contributed by atoms with Gasteiger partial charge < -0.3 is 11.1 Å². The van der Waals surface area contributed by atoms with E-state index in [1.165, 1.54) is 0 Å². The monoisotopic (exact) mass is 206 g/mol. The number of ketones is 1. The van der Waals surface area contributed by atoms with Gasteiger partial charge in [-0.1, -0.05) is 12.1 Å². The second-order valence-corrected chi connectivity index (χ2v) is 4.65. The van der Waals surface area contributed by atoms with Gasteiger partial charge in [0, 0.05) is 16.8 Å². The fourth-order valence-corrected chi connectivity index (χ4v) is 1.16. The number of hydrogen-bond donors (Lipinski definition) is 2. The van der Waals surface area contributed by atoms with Crippen LogP contribution in [0.2, 0.25) is 0 Å². The van der Waals surface area contributed by atoms with E-state index in [1.807, 2.05) is 20.8 Å². The number of benzene rings is 1. The molecule has 0 radical (unpaired) electrons. The van der Waals surface area contributed by atoms with Crippen molar-refractivity contribution in [1.29, 1.82) is 0 Å². The van der Waals surface area contributed by atoms with Gasteiger partial charge in [-0.3, -0.25) is 4.79 Å². The zero-order valence-corrected chi connectivity index (χ0v) is 9.50. The highest BCUT2D eigenvalue weighted by Gasteiger charge is 2.12. The van der Waals surface area contributed by atoms with E-state index in [0.717, 1.165) is 0 Å². The number of nitrogen functional groups attached to an aromatic ring is 1. The summed E-state index contributed by atoms with van der Waals surface area (Å²) in [6, 6.07) is 7.04. The Balaban J connectivity index is 2.62. The first-order valence-corrected chi connectivity index (χ1v) is 5.02. The topological polar surface area (TPSA) is 55.1 Å². The highest BCUT2D eigenvalue weighted by atomic mass is 16.1. The maximum absolute atomic E-state index is 11.7. The van der Waals surface area contributed by atoms with Gasteiger partial charge in [0.25, 0.3) is 0 Å². The molecule has 82 valence electrons. The van der Waals surface area contributed by atoms with Crippen molar-refractivity contribution >= 4 is 11.5 Å². The molecule has 1 rings (SSSR count). The zero-order chi connectivity index (χ0) is 11.5. The van der Waals surface area contributed by atoms with Crippen LogP contribution in [0.4, 0.5) is 5.69 Å². The molecule has 0 heterocycles. The predicted octanol–water partition coefficient (Wildman–Crippen LogP) is 1.84. The molecule has 15 heavy (non-hydrogen) atoms. The van der Waals surface area contributed by atoms with Crippen LogP contribution in [0.5, 0.6) is 0 Å². The van der Waals surface area contributed by atoms with Crippen molar-refractivity contribution < 1.29 is 4.79 Å². The van der Waals surface area contributed by atoms with E-state index < -0.39 is 0 Å². The van der Waals surface area contributed by atoms with Crippen molar-refractivity contribution in [2.24, 2.45) is 0 Å². The van der Waals surface area contributed by atoms with Gasteiger partial charge in [-0.25, -0.2) is 0 Å². The molecule has 3 nitrogen and oxygen atoms in total. The van der Waals surface area contributed by atoms with Gasteiger partial charge in [0.1, 0.15) is 0 Å². The molecule has 1 aromatic carbocycles. The number of carbonyl (C=O) groups is 1. The van der Waals surface area contributed by atoms with Crippen LogP contribution in [0.15, 0.2) is 24.3 Å². The highest BCUT2D eigenvalue weighted by Crippen LogP contribution is 2.07. The zero-order valence-electron chi connectivity index (χ0n) is 9.50. The first-order chi connectivity index (χ1) is 6.88. The van der Waals surface area contributed by atoms with Crippen molar-refractivity contribution in [1.82, 2.24) is 5.32 Å². The number of nitrogens with two attached hydrogens (primary N) is 1. The number of rotatable bonds is 3. The van der Waals surface area contributed by atoms with Crippen LogP contribution in [0.1, 0.15) is 31.1 Å². The standard InChI is InChI=1S/C12H18N2O/c1-12(2,3)14-8-11(15)9-5-4-6-10(13)7-9/h4-7,14H,8,13H2,1-3H3. The fourth-order valence-electron chi connectivity index (χ4n) is 1.16. The molecule has 0 saturated heterocycles. The molecule has 0 bridgehead atoms. The first kappa shape index (κ1) is 11.7. The third kappa shape index (κ3) is 4.13. The number of hydrogen-bond acceptors (Lipinski definition) is 3. The van der Waals surface area contributed by atoms with E-state index in [2.05, 4.69) is 5.32 Å². The second-order valence-electron chi connectivity index (χ2n) is 4.65. The van der Waals surface area contributed by atoms with Gasteiger partial charge in [-0.15, -0.1) is 0 Å². The Morgan fingerprint density at radius 1 is 1.40 bits per heavy atom. The molecule has 0 saturated carbocycles. The van der Waals surface area contributed by atoms with Crippen molar-refractivity contribution in [3.63, 3.8) is 0 Å². The summed E-state index contributed by atoms with van der Waals surface area (Å²) in [4.78, 5) is 11.7. The Morgan fingerprint density at radius 3 is 2.60 bits per heavy atom. The quantitative estimate of drug-likeness (QED) is 0.586. The summed E-state index contributed by atoms with van der Waals surface area (Å²) < 4.78 is 0. The van der Waals surface area contributed by atoms with E-state index in [9.17, 15) is 4.79 Å². The van der Waals surface area contributed by atoms with Gasteiger partial charge >= 0.3 is 0 Å². The lowest BCUT2D eigenvalue weighted by molar-refractivity contribution is 0.0982. The number of anilines is 1. The van der Waals surface area contributed by atoms with E-state index in [4.69, 9.17) is 5.73 Å². The lowest BCUT2D eigenvalue weighted by Gasteiger charge is -2.19. The maximum atomic E-state index is 11.7. The van der Waals surface area contributed by atoms with Gasteiger partial charge in [0.15, 0.2) is 5.78 Å². The van der Waals surface area contributed by atoms with E-state index in [1.54, 1.807) is 24.3 Å². The fraction of sp³-hybridized carbons (Fsp3) is 0.417. The van der Waals surface area contributed by atoms with Gasteiger partial charge in [-0.2, -0.15) is 0 Å². The molecule has 0 aliphatic rings. The van der Waals surface area contributed by atoms with Crippen molar-refractivity contribution in [2.75, 3.05) is 12.3 Å². The summed E-state index contributed by atoms with van der Waals surface area (Å²) in [6.07, 6.45) is 0. The van der Waals surface area contributed by atoms with Gasteiger partial charge in [-0.05, 0) is 32.9 Å². The molecule has 3 heteroatoms. The van der Waals surface area contributed by atoms with Crippen LogP contribution in [-0.4, -0.2) is 17.9 Å². The van der Waals surface area contributed by atoms with Crippen molar-refractivity contribution in [3.05, 3.63) is 29.8 Å². The van der Waals surface area contributed by atoms with Crippen molar-refractivity contribution in [2.45, 2.75) is 26.3 Å². The summed E-state index contributed by atoms with van der Waals surface area (Å²) in [5.41, 5.74) is 6.84. The molecule has 0 amide bonds. The second kappa shape index (κ2) is 4.45. The SMILES string of the molecule is CC(C)(C)NCC(=O)c1cccc(N)c1. The number of Topliss-reactive ketones (excluding diaryl/α,β-unsaturated/α-hetero) is 1. The third-order valence-electron chi connectivity index (χ3n) is 1.99. The smallest absolute Gasteiger partial charge is 0.176 e. The summed E-state index contributed by atoms with van der Waals surface area (Å²) in [6.45, 7) is 6.42. The Kier molecular flexibility index (Phi) is 3.48. The molecule has 1 aromatic rings. The average Bonchev–Trinajstić information content (AvgIpc) is 2.13. The molecule has 0 aliphatic carbocycles. The predicted molar refractivity (Wildman–Crippen MR) is 62.9 cm³/mol. The van der Waals surface area contributed by atoms with Gasteiger partial charge in [0.05, 0.1) is 6.54 Å². The summed E-state index contributed by atoms with van der Waals surface area (Å²) in [5.74, 6) is 0.0669. The summed E-state index contributed by atoms with van der Waals surface area (Å²) >= 11 is 0. The minimum atomic E-state index is -0.0456. The highest BCUT2D eigenvalue weighted by molar-refractivity contribution is 5.98. The van der Waals surface area contributed by atoms with Crippen LogP contribution in [0.25, 0.3) is 0 Å². The lowest BCUT2D eigenvalue weighted by Crippen LogP contribution is -2.39. The largest absolute Gasteiger partial charge is 0.399 e. The molecule has 0 atom stereocenters. The maximum Gasteiger partial charge on any atom is 0.176 e. The van der Waals surface area contributed by atoms with Crippen LogP contribution in [0.3, 0.4) is 0 Å². The van der Waals surface area contributed by atoms with Crippen molar-refractivity contribution in [3.8, 4) is 0 Å². The summed E-state index contributed by atoms with van der Waals surface area (Å²) in [7, 11) is 0. The normalized spacial score (nSPS) is 11.4. The molecule has 0 spiro atoms. The van der Waals surface area contributed by atoms with Gasteiger partial charge in [0.2, 0.25) is 0 Å². The minimum Gasteiger partial charge on any atom is -0.399 e. The average molecular weight is 206 g/mol. The summed E-state index contributed by atoms with van der Waals surface area (Å²) in [5, 5.41) is 3.15. The Hall–Kier alpha value is -1.35. The minimum absolute atomic E-state index is 0.0456. The first-order valence-electron chi connectivity index (χ1n) is 5.02. The number of carbonyl (C=O) groups excluding carboxylic acids is 1. The molecule has 0 aliphatic heterocycles. The van der Waals surface area contributed by atoms with E-state index in [0.29, 0.717) is 17.8 Å². The number of nitrogens with one attached hydrogen (secondary N) is 1. The molecule has 0 aromatic heterocycles. The Labute approximate surface area is 90.7 Å². The Morgan fingerprint density at radius 2 is 2.07 bits per heavy atom. The van der Waals surface area contributed by atoms with Crippen LogP contribution in [0, 0.1) is 0 Å². The molecular formula is C12H18N2O. The van der Waals surface area contributed by atoms with Crippen LogP contribution >= 0.6 is 0 Å². The molecular weight excluding hydrogens is 188 g/mol. The van der Waals surface area contributed by atoms with Crippen LogP contribution < -0.4 is 11.1 Å². The molecule has 0 fully saturated rings. The van der Waals surface area contributed by atoms with E-state index >= 15 is 0 Å². The van der Waals surface area contributed by atoms with Crippen LogP contribution in [-0.2, 0) is 0 Å². The molecule has 0 unspecified atom stereocenters. The van der Waals surface area contributed by atoms with E-state index in [-0.39, 0.29) is 11.3 Å². The molecule has 3 N–H and O–H groups in total. The third-order valence-corrected chi connectivity index (χ3v) is 1.99.